The number of nitrogens with zero attached hydrogens (tertiary/aromatic N) is 1. The molecule has 1 heterocycles. The van der Waals surface area contributed by atoms with Gasteiger partial charge in [0.15, 0.2) is 11.7 Å². The summed E-state index contributed by atoms with van der Waals surface area (Å²) in [6, 6.07) is 12.5. The topological polar surface area (TPSA) is 46.3 Å². The quantitative estimate of drug-likeness (QED) is 0.593. The molecule has 0 amide bonds. The molecule has 0 atom stereocenters. The molecule has 1 N–H and O–H groups in total. The Kier molecular flexibility index (Phi) is 5.11. The third-order valence-corrected chi connectivity index (χ3v) is 4.73. The number of oxazole rings is 1. The maximum Gasteiger partial charge on any atom is 0.416 e. The molecule has 3 nitrogen and oxygen atoms in total. The van der Waals surface area contributed by atoms with Crippen molar-refractivity contribution in [2.24, 2.45) is 0 Å². The molecular weight excluding hydrogens is 379 g/mol. The molecule has 148 valence electrons. The Morgan fingerprint density at radius 3 is 2.55 bits per heavy atom. The Bertz CT molecular complexity index is 1090. The number of hydrogen-bond donors (Lipinski definition) is 1. The van der Waals surface area contributed by atoms with Crippen molar-refractivity contribution in [2.75, 3.05) is 0 Å². The Labute approximate surface area is 165 Å². The van der Waals surface area contributed by atoms with Gasteiger partial charge in [-0.15, -0.1) is 0 Å². The van der Waals surface area contributed by atoms with Crippen LogP contribution in [0.3, 0.4) is 0 Å². The van der Waals surface area contributed by atoms with Gasteiger partial charge in [-0.05, 0) is 29.7 Å². The van der Waals surface area contributed by atoms with E-state index in [4.69, 9.17) is 4.42 Å². The van der Waals surface area contributed by atoms with E-state index in [1.165, 1.54) is 6.07 Å². The van der Waals surface area contributed by atoms with Crippen LogP contribution in [0.15, 0.2) is 71.2 Å². The average molecular weight is 397 g/mol. The van der Waals surface area contributed by atoms with Gasteiger partial charge in [0.25, 0.3) is 0 Å². The molecule has 0 fully saturated rings. The summed E-state index contributed by atoms with van der Waals surface area (Å²) in [5, 5.41) is 9.42. The van der Waals surface area contributed by atoms with Gasteiger partial charge in [-0.25, -0.2) is 4.98 Å². The SMILES string of the molecule is OCc1cccc(-c2nc(Cc3cccc(C(F)(F)F)c3)oc2C2=CC=CC2)c1. The van der Waals surface area contributed by atoms with E-state index in [1.54, 1.807) is 6.07 Å². The van der Waals surface area contributed by atoms with Crippen molar-refractivity contribution in [3.05, 3.63) is 95.1 Å². The van der Waals surface area contributed by atoms with Crippen molar-refractivity contribution in [1.82, 2.24) is 4.98 Å². The fourth-order valence-electron chi connectivity index (χ4n) is 3.32. The van der Waals surface area contributed by atoms with Crippen LogP contribution in [0, 0.1) is 0 Å². The Hall–Kier alpha value is -3.12. The Morgan fingerprint density at radius 1 is 1.03 bits per heavy atom. The molecule has 6 heteroatoms. The van der Waals surface area contributed by atoms with Gasteiger partial charge in [-0.2, -0.15) is 13.2 Å². The minimum Gasteiger partial charge on any atom is -0.440 e. The molecular formula is C23H18F3NO2. The molecule has 4 rings (SSSR count). The Balaban J connectivity index is 1.72. The number of aromatic nitrogens is 1. The highest BCUT2D eigenvalue weighted by Crippen LogP contribution is 2.35. The Morgan fingerprint density at radius 2 is 1.83 bits per heavy atom. The van der Waals surface area contributed by atoms with Gasteiger partial charge in [0.2, 0.25) is 0 Å². The third-order valence-electron chi connectivity index (χ3n) is 4.73. The lowest BCUT2D eigenvalue weighted by atomic mass is 10.0. The fourth-order valence-corrected chi connectivity index (χ4v) is 3.32. The number of alkyl halides is 3. The number of hydrogen-bond acceptors (Lipinski definition) is 3. The fraction of sp³-hybridized carbons (Fsp3) is 0.174. The van der Waals surface area contributed by atoms with Crippen LogP contribution in [0.2, 0.25) is 0 Å². The summed E-state index contributed by atoms with van der Waals surface area (Å²) in [6.07, 6.45) is 2.32. The molecule has 29 heavy (non-hydrogen) atoms. The van der Waals surface area contributed by atoms with E-state index in [0.29, 0.717) is 29.3 Å². The van der Waals surface area contributed by atoms with Crippen LogP contribution in [0.4, 0.5) is 13.2 Å². The molecule has 0 unspecified atom stereocenters. The first kappa shape index (κ1) is 19.2. The van der Waals surface area contributed by atoms with Gasteiger partial charge in [-0.1, -0.05) is 54.6 Å². The zero-order chi connectivity index (χ0) is 20.4. The van der Waals surface area contributed by atoms with Crippen LogP contribution in [0.5, 0.6) is 0 Å². The highest BCUT2D eigenvalue weighted by atomic mass is 19.4. The van der Waals surface area contributed by atoms with E-state index in [2.05, 4.69) is 4.98 Å². The summed E-state index contributed by atoms with van der Waals surface area (Å²) in [5.41, 5.74) is 2.89. The highest BCUT2D eigenvalue weighted by Gasteiger charge is 2.30. The lowest BCUT2D eigenvalue weighted by molar-refractivity contribution is -0.137. The molecule has 0 aliphatic heterocycles. The van der Waals surface area contributed by atoms with Crippen molar-refractivity contribution >= 4 is 5.57 Å². The van der Waals surface area contributed by atoms with Gasteiger partial charge < -0.3 is 9.52 Å². The largest absolute Gasteiger partial charge is 0.440 e. The number of rotatable bonds is 5. The zero-order valence-electron chi connectivity index (χ0n) is 15.4. The molecule has 1 aliphatic carbocycles. The zero-order valence-corrected chi connectivity index (χ0v) is 15.4. The van der Waals surface area contributed by atoms with Gasteiger partial charge in [0.1, 0.15) is 5.69 Å². The molecule has 0 saturated carbocycles. The lowest BCUT2D eigenvalue weighted by Crippen LogP contribution is -2.05. The summed E-state index contributed by atoms with van der Waals surface area (Å²) < 4.78 is 45.0. The van der Waals surface area contributed by atoms with Crippen LogP contribution in [-0.4, -0.2) is 10.1 Å². The van der Waals surface area contributed by atoms with E-state index in [9.17, 15) is 18.3 Å². The second kappa shape index (κ2) is 7.72. The maximum atomic E-state index is 13.0. The average Bonchev–Trinajstić information content (AvgIpc) is 3.37. The van der Waals surface area contributed by atoms with Crippen LogP contribution in [0.25, 0.3) is 16.8 Å². The second-order valence-corrected chi connectivity index (χ2v) is 6.84. The number of allylic oxidation sites excluding steroid dienone is 4. The standard InChI is InChI=1S/C23H18F3NO2/c24-23(25,26)19-10-4-5-15(12-19)13-20-27-21(18-9-3-6-16(11-18)14-28)22(29-20)17-7-1-2-8-17/h1-7,9-12,28H,8,13-14H2. The third kappa shape index (κ3) is 4.17. The molecule has 1 aromatic heterocycles. The van der Waals surface area contributed by atoms with E-state index in [-0.39, 0.29) is 13.0 Å². The van der Waals surface area contributed by atoms with E-state index in [0.717, 1.165) is 28.8 Å². The predicted octanol–water partition coefficient (Wildman–Crippen LogP) is 5.79. The highest BCUT2D eigenvalue weighted by molar-refractivity contribution is 5.78. The summed E-state index contributed by atoms with van der Waals surface area (Å²) in [6.45, 7) is -0.0949. The first-order valence-corrected chi connectivity index (χ1v) is 9.16. The van der Waals surface area contributed by atoms with Crippen molar-refractivity contribution in [3.8, 4) is 11.3 Å². The molecule has 0 saturated heterocycles. The summed E-state index contributed by atoms with van der Waals surface area (Å²) in [4.78, 5) is 4.59. The molecule has 0 spiro atoms. The van der Waals surface area contributed by atoms with Crippen LogP contribution >= 0.6 is 0 Å². The first-order chi connectivity index (χ1) is 13.9. The summed E-state index contributed by atoms with van der Waals surface area (Å²) in [7, 11) is 0. The van der Waals surface area contributed by atoms with E-state index >= 15 is 0 Å². The van der Waals surface area contributed by atoms with E-state index < -0.39 is 11.7 Å². The van der Waals surface area contributed by atoms with Crippen molar-refractivity contribution in [1.29, 1.82) is 0 Å². The number of aliphatic hydroxyl groups is 1. The number of aliphatic hydroxyl groups excluding tert-OH is 1. The van der Waals surface area contributed by atoms with Crippen LogP contribution in [-0.2, 0) is 19.2 Å². The van der Waals surface area contributed by atoms with Gasteiger partial charge in [0, 0.05) is 17.6 Å². The van der Waals surface area contributed by atoms with Gasteiger partial charge >= 0.3 is 6.18 Å². The minimum atomic E-state index is -4.39. The van der Waals surface area contributed by atoms with E-state index in [1.807, 2.05) is 42.5 Å². The molecule has 3 aromatic rings. The van der Waals surface area contributed by atoms with Crippen molar-refractivity contribution in [3.63, 3.8) is 0 Å². The van der Waals surface area contributed by atoms with Gasteiger partial charge in [-0.3, -0.25) is 0 Å². The second-order valence-electron chi connectivity index (χ2n) is 6.84. The normalized spacial score (nSPS) is 13.7. The van der Waals surface area contributed by atoms with Gasteiger partial charge in [0.05, 0.1) is 12.2 Å². The molecule has 2 aromatic carbocycles. The first-order valence-electron chi connectivity index (χ1n) is 9.16. The molecule has 0 bridgehead atoms. The summed E-state index contributed by atoms with van der Waals surface area (Å²) in [5.74, 6) is 0.948. The molecule has 1 aliphatic rings. The number of benzene rings is 2. The molecule has 0 radical (unpaired) electrons. The van der Waals surface area contributed by atoms with Crippen LogP contribution < -0.4 is 0 Å². The lowest BCUT2D eigenvalue weighted by Gasteiger charge is -2.07. The predicted molar refractivity (Wildman–Crippen MR) is 104 cm³/mol. The van der Waals surface area contributed by atoms with Crippen LogP contribution in [0.1, 0.15) is 34.8 Å². The number of halogens is 3. The summed E-state index contributed by atoms with van der Waals surface area (Å²) >= 11 is 0. The minimum absolute atomic E-state index is 0.0949. The van der Waals surface area contributed by atoms with Crippen molar-refractivity contribution in [2.45, 2.75) is 25.6 Å². The van der Waals surface area contributed by atoms with Crippen molar-refractivity contribution < 1.29 is 22.7 Å². The monoisotopic (exact) mass is 397 g/mol. The maximum absolute atomic E-state index is 13.0. The smallest absolute Gasteiger partial charge is 0.416 e.